The number of benzene rings is 9. The van der Waals surface area contributed by atoms with E-state index in [9.17, 15) is 0 Å². The van der Waals surface area contributed by atoms with Crippen LogP contribution in [0, 0.1) is 0 Å². The molecule has 4 heteroatoms. The molecule has 0 atom stereocenters. The molecule has 0 aliphatic heterocycles. The predicted molar refractivity (Wildman–Crippen MR) is 250 cm³/mol. The Morgan fingerprint density at radius 3 is 1.28 bits per heavy atom. The number of hydrogen-bond acceptors (Lipinski definition) is 2. The van der Waals surface area contributed by atoms with E-state index in [0.29, 0.717) is 5.82 Å². The number of hydrogen-bond donors (Lipinski definition) is 0. The van der Waals surface area contributed by atoms with Gasteiger partial charge in [0.05, 0.1) is 33.3 Å². The van der Waals surface area contributed by atoms with E-state index >= 15 is 0 Å². The van der Waals surface area contributed by atoms with Gasteiger partial charge >= 0.3 is 0 Å². The second kappa shape index (κ2) is 13.8. The van der Waals surface area contributed by atoms with Crippen LogP contribution in [-0.2, 0) is 0 Å². The third-order valence-electron chi connectivity index (χ3n) is 11.9. The minimum atomic E-state index is 0.711. The van der Waals surface area contributed by atoms with Crippen LogP contribution in [0.15, 0.2) is 218 Å². The molecule has 0 amide bonds. The summed E-state index contributed by atoms with van der Waals surface area (Å²) in [6.45, 7) is 0. The fraction of sp³-hybridized carbons (Fsp3) is 0. The summed E-state index contributed by atoms with van der Waals surface area (Å²) in [5, 5.41) is 5.98. The van der Waals surface area contributed by atoms with Gasteiger partial charge in [0.1, 0.15) is 0 Å². The van der Waals surface area contributed by atoms with E-state index in [1.807, 2.05) is 18.2 Å². The van der Waals surface area contributed by atoms with E-state index in [-0.39, 0.29) is 0 Å². The highest BCUT2D eigenvalue weighted by Gasteiger charge is 2.17. The van der Waals surface area contributed by atoms with Gasteiger partial charge in [0.2, 0.25) is 0 Å². The Hall–Kier alpha value is -8.08. The van der Waals surface area contributed by atoms with E-state index in [1.165, 1.54) is 43.6 Å². The average Bonchev–Trinajstić information content (AvgIpc) is 3.84. The molecule has 280 valence electrons. The molecule has 0 saturated heterocycles. The topological polar surface area (TPSA) is 35.6 Å². The lowest BCUT2D eigenvalue weighted by molar-refractivity contribution is 1.18. The van der Waals surface area contributed by atoms with Crippen molar-refractivity contribution in [3.8, 4) is 56.3 Å². The zero-order valence-corrected chi connectivity index (χ0v) is 32.6. The van der Waals surface area contributed by atoms with Crippen LogP contribution < -0.4 is 0 Å². The minimum absolute atomic E-state index is 0.711. The fourth-order valence-electron chi connectivity index (χ4n) is 9.08. The molecule has 0 N–H and O–H groups in total. The zero-order valence-electron chi connectivity index (χ0n) is 32.6. The van der Waals surface area contributed by atoms with Crippen molar-refractivity contribution in [3.05, 3.63) is 218 Å². The van der Waals surface area contributed by atoms with E-state index < -0.39 is 0 Å². The molecule has 0 fully saturated rings. The van der Waals surface area contributed by atoms with Gasteiger partial charge < -0.3 is 9.13 Å². The van der Waals surface area contributed by atoms with E-state index in [1.54, 1.807) is 0 Å². The predicted octanol–water partition coefficient (Wildman–Crippen LogP) is 14.5. The first-order valence-electron chi connectivity index (χ1n) is 20.4. The highest BCUT2D eigenvalue weighted by molar-refractivity contribution is 6.11. The lowest BCUT2D eigenvalue weighted by atomic mass is 9.97. The molecule has 0 saturated carbocycles. The lowest BCUT2D eigenvalue weighted by Crippen LogP contribution is -1.96. The summed E-state index contributed by atoms with van der Waals surface area (Å²) in [6, 6.07) is 78.0. The van der Waals surface area contributed by atoms with Gasteiger partial charge in [-0.25, -0.2) is 9.97 Å². The average molecular weight is 765 g/mol. The van der Waals surface area contributed by atoms with Gasteiger partial charge in [0, 0.05) is 49.4 Å². The Kier molecular flexibility index (Phi) is 7.82. The zero-order chi connectivity index (χ0) is 39.6. The maximum atomic E-state index is 5.30. The van der Waals surface area contributed by atoms with Crippen molar-refractivity contribution in [1.82, 2.24) is 19.1 Å². The van der Waals surface area contributed by atoms with Crippen molar-refractivity contribution in [2.75, 3.05) is 0 Å². The molecule has 60 heavy (non-hydrogen) atoms. The Bertz CT molecular complexity index is 3570. The summed E-state index contributed by atoms with van der Waals surface area (Å²) in [6.07, 6.45) is 0. The van der Waals surface area contributed by atoms with Crippen molar-refractivity contribution in [2.45, 2.75) is 0 Å². The van der Waals surface area contributed by atoms with Crippen LogP contribution in [0.5, 0.6) is 0 Å². The van der Waals surface area contributed by atoms with Crippen molar-refractivity contribution in [2.24, 2.45) is 0 Å². The van der Waals surface area contributed by atoms with Crippen LogP contribution in [0.1, 0.15) is 0 Å². The van der Waals surface area contributed by atoms with Crippen molar-refractivity contribution < 1.29 is 0 Å². The Morgan fingerprint density at radius 1 is 0.267 bits per heavy atom. The number of fused-ring (bicyclic) bond motifs is 7. The number of rotatable bonds is 6. The third-order valence-corrected chi connectivity index (χ3v) is 11.9. The van der Waals surface area contributed by atoms with Gasteiger partial charge in [-0.3, -0.25) is 0 Å². The molecule has 12 rings (SSSR count). The quantitative estimate of drug-likeness (QED) is 0.169. The standard InChI is InChI=1S/C56H36N4/c1-4-14-39(15-5-1)56-57-50-33-30-40(42-29-32-48-46-21-11-13-23-52(46)60(54(48)36-42)44-18-8-3-9-19-44)34-49(50)55(58-56)38-26-24-37(25-27-38)41-28-31-47-45-20-10-12-22-51(45)59(53(47)35-41)43-16-6-2-7-17-43/h1-36H. The van der Waals surface area contributed by atoms with Gasteiger partial charge in [-0.1, -0.05) is 158 Å². The fourth-order valence-corrected chi connectivity index (χ4v) is 9.08. The van der Waals surface area contributed by atoms with Crippen molar-refractivity contribution >= 4 is 54.5 Å². The van der Waals surface area contributed by atoms with E-state index in [2.05, 4.69) is 209 Å². The largest absolute Gasteiger partial charge is 0.309 e. The second-order valence-electron chi connectivity index (χ2n) is 15.4. The smallest absolute Gasteiger partial charge is 0.160 e. The van der Waals surface area contributed by atoms with Gasteiger partial charge in [-0.15, -0.1) is 0 Å². The summed E-state index contributed by atoms with van der Waals surface area (Å²) in [4.78, 5) is 10.4. The van der Waals surface area contributed by atoms with Gasteiger partial charge in [0.25, 0.3) is 0 Å². The SMILES string of the molecule is c1ccc(-c2nc(-c3ccc(-c4ccc5c6ccccc6n(-c6ccccc6)c5c4)cc3)c3cc(-c4ccc5c6ccccc6n(-c6ccccc6)c5c4)ccc3n2)cc1. The maximum absolute atomic E-state index is 5.30. The van der Waals surface area contributed by atoms with Gasteiger partial charge in [-0.2, -0.15) is 0 Å². The number of para-hydroxylation sites is 4. The summed E-state index contributed by atoms with van der Waals surface area (Å²) in [5.41, 5.74) is 15.5. The molecule has 9 aromatic carbocycles. The van der Waals surface area contributed by atoms with Crippen LogP contribution in [0.2, 0.25) is 0 Å². The van der Waals surface area contributed by atoms with Gasteiger partial charge in [0.15, 0.2) is 5.82 Å². The molecular formula is C56H36N4. The van der Waals surface area contributed by atoms with E-state index in [0.717, 1.165) is 61.4 Å². The van der Waals surface area contributed by atoms with Crippen LogP contribution in [0.4, 0.5) is 0 Å². The molecule has 0 bridgehead atoms. The highest BCUT2D eigenvalue weighted by atomic mass is 15.0. The molecule has 12 aromatic rings. The normalized spacial score (nSPS) is 11.7. The summed E-state index contributed by atoms with van der Waals surface area (Å²) >= 11 is 0. The first-order chi connectivity index (χ1) is 29.7. The molecule has 4 nitrogen and oxygen atoms in total. The summed E-state index contributed by atoms with van der Waals surface area (Å²) in [5.74, 6) is 0.711. The van der Waals surface area contributed by atoms with Crippen molar-refractivity contribution in [1.29, 1.82) is 0 Å². The Labute approximate surface area is 346 Å². The minimum Gasteiger partial charge on any atom is -0.309 e. The van der Waals surface area contributed by atoms with Crippen LogP contribution in [-0.4, -0.2) is 19.1 Å². The maximum Gasteiger partial charge on any atom is 0.160 e. The molecule has 0 radical (unpaired) electrons. The third kappa shape index (κ3) is 5.53. The Balaban J connectivity index is 0.995. The van der Waals surface area contributed by atoms with Crippen molar-refractivity contribution in [3.63, 3.8) is 0 Å². The molecule has 0 aliphatic rings. The van der Waals surface area contributed by atoms with Crippen LogP contribution in [0.25, 0.3) is 111 Å². The molecule has 0 aliphatic carbocycles. The molecular weight excluding hydrogens is 729 g/mol. The monoisotopic (exact) mass is 764 g/mol. The van der Waals surface area contributed by atoms with Gasteiger partial charge in [-0.05, 0) is 82.9 Å². The molecule has 3 aromatic heterocycles. The molecule has 0 unspecified atom stereocenters. The Morgan fingerprint density at radius 2 is 0.700 bits per heavy atom. The molecule has 0 spiro atoms. The highest BCUT2D eigenvalue weighted by Crippen LogP contribution is 2.39. The number of nitrogens with zero attached hydrogens (tertiary/aromatic N) is 4. The first-order valence-corrected chi connectivity index (χ1v) is 20.4. The summed E-state index contributed by atoms with van der Waals surface area (Å²) in [7, 11) is 0. The van der Waals surface area contributed by atoms with Crippen LogP contribution >= 0.6 is 0 Å². The second-order valence-corrected chi connectivity index (χ2v) is 15.4. The lowest BCUT2D eigenvalue weighted by Gasteiger charge is -2.13. The van der Waals surface area contributed by atoms with Crippen LogP contribution in [0.3, 0.4) is 0 Å². The number of aromatic nitrogens is 4. The first kappa shape index (κ1) is 34.0. The summed E-state index contributed by atoms with van der Waals surface area (Å²) < 4.78 is 4.74. The molecule has 3 heterocycles. The van der Waals surface area contributed by atoms with E-state index in [4.69, 9.17) is 9.97 Å².